The number of rotatable bonds is 5. The van der Waals surface area contributed by atoms with E-state index in [4.69, 9.17) is 9.66 Å². The maximum atomic E-state index is 10.3. The van der Waals surface area contributed by atoms with E-state index in [0.29, 0.717) is 0 Å². The zero-order chi connectivity index (χ0) is 14.3. The Labute approximate surface area is 103 Å². The second-order valence-corrected chi connectivity index (χ2v) is 6.15. The number of nitrogens with two attached hydrogens (primary N) is 1. The zero-order valence-corrected chi connectivity index (χ0v) is 11.6. The van der Waals surface area contributed by atoms with Gasteiger partial charge in [-0.25, -0.2) is 0 Å². The van der Waals surface area contributed by atoms with Crippen molar-refractivity contribution in [2.75, 3.05) is 34.3 Å². The fourth-order valence-corrected chi connectivity index (χ4v) is 1.57. The summed E-state index contributed by atoms with van der Waals surface area (Å²) in [5.41, 5.74) is 4.66. The molecule has 1 unspecified atom stereocenters. The van der Waals surface area contributed by atoms with Crippen molar-refractivity contribution in [3.63, 3.8) is 0 Å². The molecule has 1 amide bonds. The molecular formula is C9H23N2O5S+. The second kappa shape index (κ2) is 7.59. The molecule has 7 nitrogen and oxygen atoms in total. The molecule has 0 spiro atoms. The van der Waals surface area contributed by atoms with E-state index in [1.165, 1.54) is 6.92 Å². The Kier molecular flexibility index (Phi) is 8.33. The van der Waals surface area contributed by atoms with E-state index < -0.39 is 21.3 Å². The highest BCUT2D eigenvalue weighted by atomic mass is 32.2. The molecule has 0 aliphatic rings. The smallest absolute Gasteiger partial charge is 0.276 e. The first-order chi connectivity index (χ1) is 7.45. The molecule has 0 saturated heterocycles. The lowest BCUT2D eigenvalue weighted by Crippen LogP contribution is -2.36. The maximum Gasteiger partial charge on any atom is 0.276 e. The molecule has 104 valence electrons. The van der Waals surface area contributed by atoms with Crippen molar-refractivity contribution in [2.24, 2.45) is 5.73 Å². The molecule has 0 heterocycles. The fraction of sp³-hybridized carbons (Fsp3) is 0.889. The van der Waals surface area contributed by atoms with Crippen molar-refractivity contribution >= 4 is 16.0 Å². The van der Waals surface area contributed by atoms with Gasteiger partial charge in [0.1, 0.15) is 6.54 Å². The topological polar surface area (TPSA) is 118 Å². The Morgan fingerprint density at radius 2 is 1.76 bits per heavy atom. The molecule has 1 atom stereocenters. The minimum Gasteiger partial charge on any atom is -0.391 e. The standard InChI is InChI=1S/C5H14NO.C4H9NO4S/c1-6(2,3)4-5-7;1-2-3(4(5)6)10(7,8)9/h7H,4-5H2,1-3H3;3H,2H2,1H3,(H2,5,6)(H,7,8,9)/q+1;. The minimum atomic E-state index is -4.29. The molecule has 0 aromatic rings. The van der Waals surface area contributed by atoms with Crippen molar-refractivity contribution < 1.29 is 27.4 Å². The highest BCUT2D eigenvalue weighted by Gasteiger charge is 2.26. The van der Waals surface area contributed by atoms with Crippen molar-refractivity contribution in [2.45, 2.75) is 18.6 Å². The third-order valence-corrected chi connectivity index (χ3v) is 3.10. The third kappa shape index (κ3) is 11.6. The van der Waals surface area contributed by atoms with Gasteiger partial charge in [-0.3, -0.25) is 9.35 Å². The van der Waals surface area contributed by atoms with Gasteiger partial charge in [-0.1, -0.05) is 6.92 Å². The lowest BCUT2D eigenvalue weighted by molar-refractivity contribution is -0.870. The molecule has 0 saturated carbocycles. The van der Waals surface area contributed by atoms with Gasteiger partial charge in [0.2, 0.25) is 5.91 Å². The normalized spacial score (nSPS) is 13.5. The first-order valence-corrected chi connectivity index (χ1v) is 6.63. The molecule has 0 aromatic heterocycles. The summed E-state index contributed by atoms with van der Waals surface area (Å²) in [4.78, 5) is 10.3. The largest absolute Gasteiger partial charge is 0.391 e. The number of primary amides is 1. The molecule has 0 aromatic carbocycles. The van der Waals surface area contributed by atoms with E-state index in [0.717, 1.165) is 11.0 Å². The van der Waals surface area contributed by atoms with Gasteiger partial charge >= 0.3 is 0 Å². The summed E-state index contributed by atoms with van der Waals surface area (Å²) in [6, 6.07) is 0. The number of likely N-dealkylation sites (N-methyl/N-ethyl adjacent to an activating group) is 1. The minimum absolute atomic E-state index is 0.00579. The average Bonchev–Trinajstić information content (AvgIpc) is 1.99. The highest BCUT2D eigenvalue weighted by Crippen LogP contribution is 2.01. The molecule has 17 heavy (non-hydrogen) atoms. The number of hydrogen-bond acceptors (Lipinski definition) is 4. The number of quaternary nitrogens is 1. The van der Waals surface area contributed by atoms with Crippen molar-refractivity contribution in [3.8, 4) is 0 Å². The van der Waals surface area contributed by atoms with Crippen LogP contribution in [0, 0.1) is 0 Å². The van der Waals surface area contributed by atoms with E-state index >= 15 is 0 Å². The number of hydrogen-bond donors (Lipinski definition) is 3. The van der Waals surface area contributed by atoms with E-state index in [1.807, 2.05) is 0 Å². The predicted octanol–water partition coefficient (Wildman–Crippen LogP) is -1.18. The SMILES string of the molecule is CCC(C(N)=O)S(=O)(=O)O.C[N+](C)(C)CCO. The molecule has 4 N–H and O–H groups in total. The second-order valence-electron chi connectivity index (χ2n) is 4.55. The molecule has 0 bridgehead atoms. The number of nitrogens with zero attached hydrogens (tertiary/aromatic N) is 1. The van der Waals surface area contributed by atoms with Crippen LogP contribution in [0.5, 0.6) is 0 Å². The van der Waals surface area contributed by atoms with Gasteiger partial charge in [-0.05, 0) is 6.42 Å². The molecule has 0 aliphatic carbocycles. The molecule has 0 fully saturated rings. The van der Waals surface area contributed by atoms with Crippen LogP contribution < -0.4 is 5.73 Å². The third-order valence-electron chi connectivity index (χ3n) is 1.82. The lowest BCUT2D eigenvalue weighted by Gasteiger charge is -2.21. The highest BCUT2D eigenvalue weighted by molar-refractivity contribution is 7.87. The predicted molar refractivity (Wildman–Crippen MR) is 64.8 cm³/mol. The van der Waals surface area contributed by atoms with Gasteiger partial charge in [-0.2, -0.15) is 8.42 Å². The number of aliphatic hydroxyl groups excluding tert-OH is 1. The first-order valence-electron chi connectivity index (χ1n) is 5.12. The van der Waals surface area contributed by atoms with Gasteiger partial charge < -0.3 is 15.3 Å². The van der Waals surface area contributed by atoms with Gasteiger partial charge in [-0.15, -0.1) is 0 Å². The van der Waals surface area contributed by atoms with Crippen LogP contribution in [0.1, 0.15) is 13.3 Å². The summed E-state index contributed by atoms with van der Waals surface area (Å²) >= 11 is 0. The van der Waals surface area contributed by atoms with E-state index in [-0.39, 0.29) is 13.0 Å². The van der Waals surface area contributed by atoms with Crippen LogP contribution >= 0.6 is 0 Å². The van der Waals surface area contributed by atoms with Crippen molar-refractivity contribution in [1.82, 2.24) is 0 Å². The van der Waals surface area contributed by atoms with Crippen LogP contribution in [0.15, 0.2) is 0 Å². The summed E-state index contributed by atoms with van der Waals surface area (Å²) < 4.78 is 29.7. The van der Waals surface area contributed by atoms with Crippen molar-refractivity contribution in [3.05, 3.63) is 0 Å². The quantitative estimate of drug-likeness (QED) is 0.430. The summed E-state index contributed by atoms with van der Waals surface area (Å²) in [5, 5.41) is 6.92. The number of aliphatic hydroxyl groups is 1. The van der Waals surface area contributed by atoms with Gasteiger partial charge in [0.25, 0.3) is 10.1 Å². The lowest BCUT2D eigenvalue weighted by atomic mass is 10.3. The summed E-state index contributed by atoms with van der Waals surface area (Å²) in [6.45, 7) is 2.56. The van der Waals surface area contributed by atoms with Crippen LogP contribution in [0.2, 0.25) is 0 Å². The van der Waals surface area contributed by atoms with Gasteiger partial charge in [0.05, 0.1) is 27.7 Å². The van der Waals surface area contributed by atoms with Crippen LogP contribution in [0.25, 0.3) is 0 Å². The number of carbonyl (C=O) groups is 1. The molecular weight excluding hydrogens is 248 g/mol. The van der Waals surface area contributed by atoms with Crippen LogP contribution in [0.3, 0.4) is 0 Å². The first kappa shape index (κ1) is 18.7. The van der Waals surface area contributed by atoms with E-state index in [9.17, 15) is 13.2 Å². The molecule has 0 rings (SSSR count). The Morgan fingerprint density at radius 1 is 1.35 bits per heavy atom. The Morgan fingerprint density at radius 3 is 1.76 bits per heavy atom. The number of amides is 1. The zero-order valence-electron chi connectivity index (χ0n) is 10.8. The Hall–Kier alpha value is -0.700. The fourth-order valence-electron chi connectivity index (χ4n) is 0.859. The van der Waals surface area contributed by atoms with Crippen LogP contribution in [-0.4, -0.2) is 68.0 Å². The number of carbonyl (C=O) groups excluding carboxylic acids is 1. The van der Waals surface area contributed by atoms with Gasteiger partial charge in [0.15, 0.2) is 5.25 Å². The van der Waals surface area contributed by atoms with Crippen LogP contribution in [0.4, 0.5) is 0 Å². The molecule has 0 aliphatic heterocycles. The Balaban J connectivity index is 0. The van der Waals surface area contributed by atoms with E-state index in [2.05, 4.69) is 26.9 Å². The maximum absolute atomic E-state index is 10.3. The summed E-state index contributed by atoms with van der Waals surface area (Å²) in [6.07, 6.45) is -0.00579. The monoisotopic (exact) mass is 271 g/mol. The molecule has 8 heteroatoms. The average molecular weight is 271 g/mol. The summed E-state index contributed by atoms with van der Waals surface area (Å²) in [7, 11) is 1.87. The van der Waals surface area contributed by atoms with Crippen LogP contribution in [-0.2, 0) is 14.9 Å². The Bertz CT molecular complexity index is 321. The van der Waals surface area contributed by atoms with E-state index in [1.54, 1.807) is 0 Å². The molecule has 0 radical (unpaired) electrons. The van der Waals surface area contributed by atoms with Crippen molar-refractivity contribution in [1.29, 1.82) is 0 Å². The van der Waals surface area contributed by atoms with Gasteiger partial charge in [0, 0.05) is 0 Å². The summed E-state index contributed by atoms with van der Waals surface area (Å²) in [5.74, 6) is -1.02.